The molecule has 1 aliphatic heterocycles. The molecular formula is C14H10Cl2N2OS. The first-order valence-corrected chi connectivity index (χ1v) is 7.45. The van der Waals surface area contributed by atoms with Crippen LogP contribution < -0.4 is 11.1 Å². The van der Waals surface area contributed by atoms with Crippen LogP contribution in [0.1, 0.15) is 11.6 Å². The number of nitrogens with two attached hydrogens (primary N) is 1. The normalized spacial score (nSPS) is 16.9. The van der Waals surface area contributed by atoms with Crippen molar-refractivity contribution < 1.29 is 4.79 Å². The average molecular weight is 325 g/mol. The standard InChI is InChI=1S/C14H10Cl2N2OS/c15-7-2-1-3-8(4-7)20-12-6-11-9(5-10(12)16)13(17)14(19)18-11/h1-6,13H,17H2,(H,18,19). The minimum atomic E-state index is -0.646. The van der Waals surface area contributed by atoms with E-state index in [9.17, 15) is 4.79 Å². The predicted molar refractivity (Wildman–Crippen MR) is 82.6 cm³/mol. The van der Waals surface area contributed by atoms with Gasteiger partial charge >= 0.3 is 0 Å². The lowest BCUT2D eigenvalue weighted by Gasteiger charge is -2.08. The molecule has 1 unspecified atom stereocenters. The van der Waals surface area contributed by atoms with Crippen molar-refractivity contribution >= 4 is 46.6 Å². The molecule has 2 aromatic rings. The maximum atomic E-state index is 11.6. The van der Waals surface area contributed by atoms with Crippen molar-refractivity contribution in [3.63, 3.8) is 0 Å². The second kappa shape index (κ2) is 5.30. The van der Waals surface area contributed by atoms with Gasteiger partial charge in [-0.05, 0) is 30.3 Å². The topological polar surface area (TPSA) is 55.1 Å². The van der Waals surface area contributed by atoms with Crippen LogP contribution in [0.15, 0.2) is 46.2 Å². The first-order valence-electron chi connectivity index (χ1n) is 5.88. The molecule has 0 spiro atoms. The molecule has 0 aliphatic carbocycles. The van der Waals surface area contributed by atoms with Gasteiger partial charge in [0.05, 0.1) is 5.02 Å². The number of carbonyl (C=O) groups excluding carboxylic acids is 1. The Balaban J connectivity index is 1.96. The first kappa shape index (κ1) is 13.8. The third kappa shape index (κ3) is 2.52. The molecule has 0 fully saturated rings. The Labute approximate surface area is 130 Å². The summed E-state index contributed by atoms with van der Waals surface area (Å²) in [6, 6.07) is 10.4. The van der Waals surface area contributed by atoms with E-state index in [0.29, 0.717) is 10.0 Å². The quantitative estimate of drug-likeness (QED) is 0.874. The number of hydrogen-bond acceptors (Lipinski definition) is 3. The Bertz CT molecular complexity index is 706. The average Bonchev–Trinajstić information content (AvgIpc) is 2.66. The molecule has 6 heteroatoms. The summed E-state index contributed by atoms with van der Waals surface area (Å²) in [4.78, 5) is 13.4. The van der Waals surface area contributed by atoms with E-state index in [2.05, 4.69) is 5.32 Å². The van der Waals surface area contributed by atoms with Crippen molar-refractivity contribution in [3.8, 4) is 0 Å². The van der Waals surface area contributed by atoms with Gasteiger partial charge < -0.3 is 11.1 Å². The van der Waals surface area contributed by atoms with Crippen molar-refractivity contribution in [2.75, 3.05) is 5.32 Å². The number of anilines is 1. The van der Waals surface area contributed by atoms with Gasteiger partial charge in [0.1, 0.15) is 6.04 Å². The zero-order chi connectivity index (χ0) is 14.3. The van der Waals surface area contributed by atoms with Crippen LogP contribution in [0.3, 0.4) is 0 Å². The highest BCUT2D eigenvalue weighted by atomic mass is 35.5. The van der Waals surface area contributed by atoms with Gasteiger partial charge in [-0.3, -0.25) is 4.79 Å². The maximum absolute atomic E-state index is 11.6. The van der Waals surface area contributed by atoms with Crippen LogP contribution in [-0.2, 0) is 4.79 Å². The van der Waals surface area contributed by atoms with E-state index in [1.165, 1.54) is 11.8 Å². The molecule has 3 rings (SSSR count). The summed E-state index contributed by atoms with van der Waals surface area (Å²) in [5, 5.41) is 3.99. The van der Waals surface area contributed by atoms with Crippen molar-refractivity contribution in [1.82, 2.24) is 0 Å². The van der Waals surface area contributed by atoms with Gasteiger partial charge in [0, 0.05) is 26.1 Å². The minimum Gasteiger partial charge on any atom is -0.324 e. The molecule has 1 amide bonds. The van der Waals surface area contributed by atoms with Crippen molar-refractivity contribution in [3.05, 3.63) is 52.0 Å². The Morgan fingerprint density at radius 1 is 1.20 bits per heavy atom. The van der Waals surface area contributed by atoms with Crippen LogP contribution in [0, 0.1) is 0 Å². The monoisotopic (exact) mass is 324 g/mol. The van der Waals surface area contributed by atoms with Crippen LogP contribution in [0.25, 0.3) is 0 Å². The van der Waals surface area contributed by atoms with Crippen LogP contribution in [0.4, 0.5) is 5.69 Å². The van der Waals surface area contributed by atoms with Crippen molar-refractivity contribution in [2.45, 2.75) is 15.8 Å². The number of fused-ring (bicyclic) bond motifs is 1. The molecule has 0 aromatic heterocycles. The van der Waals surface area contributed by atoms with Crippen LogP contribution >= 0.6 is 35.0 Å². The summed E-state index contributed by atoms with van der Waals surface area (Å²) in [5.74, 6) is -0.207. The maximum Gasteiger partial charge on any atom is 0.245 e. The molecule has 1 atom stereocenters. The summed E-state index contributed by atoms with van der Waals surface area (Å²) in [6.07, 6.45) is 0. The fraction of sp³-hybridized carbons (Fsp3) is 0.0714. The number of halogens is 2. The number of benzene rings is 2. The lowest BCUT2D eigenvalue weighted by Crippen LogP contribution is -2.19. The summed E-state index contributed by atoms with van der Waals surface area (Å²) < 4.78 is 0. The molecule has 3 N–H and O–H groups in total. The highest BCUT2D eigenvalue weighted by Gasteiger charge is 2.28. The second-order valence-corrected chi connectivity index (χ2v) is 6.36. The largest absolute Gasteiger partial charge is 0.324 e. The van der Waals surface area contributed by atoms with Gasteiger partial charge in [0.2, 0.25) is 5.91 Å². The van der Waals surface area contributed by atoms with E-state index in [0.717, 1.165) is 21.0 Å². The van der Waals surface area contributed by atoms with Gasteiger partial charge in [-0.2, -0.15) is 0 Å². The van der Waals surface area contributed by atoms with E-state index in [4.69, 9.17) is 28.9 Å². The van der Waals surface area contributed by atoms with Crippen LogP contribution in [0.2, 0.25) is 10.0 Å². The zero-order valence-electron chi connectivity index (χ0n) is 10.2. The van der Waals surface area contributed by atoms with E-state index in [1.807, 2.05) is 30.3 Å². The molecule has 0 saturated heterocycles. The Hall–Kier alpha value is -1.20. The van der Waals surface area contributed by atoms with E-state index >= 15 is 0 Å². The second-order valence-electron chi connectivity index (χ2n) is 4.40. The van der Waals surface area contributed by atoms with E-state index < -0.39 is 6.04 Å². The molecule has 3 nitrogen and oxygen atoms in total. The molecule has 2 aromatic carbocycles. The number of hydrogen-bond donors (Lipinski definition) is 2. The molecule has 1 aliphatic rings. The fourth-order valence-electron chi connectivity index (χ4n) is 2.02. The van der Waals surface area contributed by atoms with Crippen LogP contribution in [-0.4, -0.2) is 5.91 Å². The van der Waals surface area contributed by atoms with Crippen LogP contribution in [0.5, 0.6) is 0 Å². The predicted octanol–water partition coefficient (Wildman–Crippen LogP) is 4.10. The molecular weight excluding hydrogens is 315 g/mol. The smallest absolute Gasteiger partial charge is 0.245 e. The number of carbonyl (C=O) groups is 1. The summed E-state index contributed by atoms with van der Waals surface area (Å²) >= 11 is 13.7. The van der Waals surface area contributed by atoms with Gasteiger partial charge in [-0.15, -0.1) is 0 Å². The Morgan fingerprint density at radius 3 is 2.75 bits per heavy atom. The molecule has 1 heterocycles. The SMILES string of the molecule is NC1C(=O)Nc2cc(Sc3cccc(Cl)c3)c(Cl)cc21. The Kier molecular flexibility index (Phi) is 3.65. The summed E-state index contributed by atoms with van der Waals surface area (Å²) in [5.41, 5.74) is 7.24. The lowest BCUT2D eigenvalue weighted by molar-refractivity contribution is -0.116. The Morgan fingerprint density at radius 2 is 2.00 bits per heavy atom. The highest BCUT2D eigenvalue weighted by molar-refractivity contribution is 7.99. The third-order valence-corrected chi connectivity index (χ3v) is 4.71. The molecule has 102 valence electrons. The molecule has 0 radical (unpaired) electrons. The zero-order valence-corrected chi connectivity index (χ0v) is 12.5. The number of rotatable bonds is 2. The number of nitrogens with one attached hydrogen (secondary N) is 1. The first-order chi connectivity index (χ1) is 9.54. The molecule has 0 bridgehead atoms. The highest BCUT2D eigenvalue weighted by Crippen LogP contribution is 2.40. The van der Waals surface area contributed by atoms with Gasteiger partial charge in [0.25, 0.3) is 0 Å². The minimum absolute atomic E-state index is 0.207. The van der Waals surface area contributed by atoms with E-state index in [-0.39, 0.29) is 5.91 Å². The molecule has 0 saturated carbocycles. The number of amides is 1. The summed E-state index contributed by atoms with van der Waals surface area (Å²) in [7, 11) is 0. The summed E-state index contributed by atoms with van der Waals surface area (Å²) in [6.45, 7) is 0. The van der Waals surface area contributed by atoms with E-state index in [1.54, 1.807) is 6.07 Å². The van der Waals surface area contributed by atoms with Gasteiger partial charge in [-0.1, -0.05) is 41.0 Å². The fourth-order valence-corrected chi connectivity index (χ4v) is 3.48. The van der Waals surface area contributed by atoms with Gasteiger partial charge in [-0.25, -0.2) is 0 Å². The molecule has 20 heavy (non-hydrogen) atoms. The van der Waals surface area contributed by atoms with Gasteiger partial charge in [0.15, 0.2) is 0 Å². The van der Waals surface area contributed by atoms with Crippen molar-refractivity contribution in [2.24, 2.45) is 5.73 Å². The van der Waals surface area contributed by atoms with Crippen molar-refractivity contribution in [1.29, 1.82) is 0 Å². The third-order valence-electron chi connectivity index (χ3n) is 3.00. The lowest BCUT2D eigenvalue weighted by atomic mass is 10.1.